The summed E-state index contributed by atoms with van der Waals surface area (Å²) < 4.78 is 18.5. The maximum absolute atomic E-state index is 12.9. The van der Waals surface area contributed by atoms with E-state index in [1.54, 1.807) is 48.5 Å². The van der Waals surface area contributed by atoms with Gasteiger partial charge in [0, 0.05) is 11.3 Å². The Morgan fingerprint density at radius 2 is 1.75 bits per heavy atom. The van der Waals surface area contributed by atoms with Gasteiger partial charge in [-0.05, 0) is 54.1 Å². The Hall–Kier alpha value is -3.39. The fourth-order valence-corrected chi connectivity index (χ4v) is 2.22. The van der Waals surface area contributed by atoms with E-state index in [4.69, 9.17) is 9.68 Å². The zero-order valence-corrected chi connectivity index (χ0v) is 12.6. The van der Waals surface area contributed by atoms with Crippen LogP contribution in [0, 0.1) is 17.1 Å². The molecule has 0 unspecified atom stereocenters. The first kappa shape index (κ1) is 15.5. The molecule has 0 saturated carbocycles. The second kappa shape index (κ2) is 6.80. The largest absolute Gasteiger partial charge is 0.451 e. The number of anilines is 1. The van der Waals surface area contributed by atoms with E-state index in [1.165, 1.54) is 12.1 Å². The minimum atomic E-state index is -0.378. The van der Waals surface area contributed by atoms with Crippen molar-refractivity contribution < 1.29 is 13.6 Å². The molecule has 0 aliphatic carbocycles. The van der Waals surface area contributed by atoms with E-state index in [1.807, 2.05) is 0 Å². The number of carbonyl (C=O) groups is 1. The van der Waals surface area contributed by atoms with E-state index >= 15 is 0 Å². The molecule has 1 aromatic heterocycles. The van der Waals surface area contributed by atoms with Crippen molar-refractivity contribution >= 4 is 11.6 Å². The number of rotatable bonds is 4. The molecule has 24 heavy (non-hydrogen) atoms. The van der Waals surface area contributed by atoms with E-state index in [2.05, 4.69) is 11.4 Å². The highest BCUT2D eigenvalue weighted by molar-refractivity contribution is 6.02. The molecule has 5 heteroatoms. The third-order valence-electron chi connectivity index (χ3n) is 3.45. The molecule has 1 amide bonds. The van der Waals surface area contributed by atoms with Crippen LogP contribution < -0.4 is 5.32 Å². The molecule has 2 aromatic carbocycles. The van der Waals surface area contributed by atoms with E-state index in [0.717, 1.165) is 5.56 Å². The topological polar surface area (TPSA) is 66.0 Å². The summed E-state index contributed by atoms with van der Waals surface area (Å²) in [7, 11) is 0. The van der Waals surface area contributed by atoms with Crippen LogP contribution in [0.5, 0.6) is 0 Å². The molecular formula is C19H13FN2O2. The smallest absolute Gasteiger partial charge is 0.291 e. The van der Waals surface area contributed by atoms with Crippen molar-refractivity contribution in [1.29, 1.82) is 5.26 Å². The van der Waals surface area contributed by atoms with Crippen LogP contribution >= 0.6 is 0 Å². The van der Waals surface area contributed by atoms with Crippen LogP contribution in [0.1, 0.15) is 16.1 Å². The van der Waals surface area contributed by atoms with Crippen molar-refractivity contribution in [3.63, 3.8) is 0 Å². The van der Waals surface area contributed by atoms with Crippen LogP contribution in [0.4, 0.5) is 10.1 Å². The van der Waals surface area contributed by atoms with Crippen LogP contribution in [0.3, 0.4) is 0 Å². The first-order valence-electron chi connectivity index (χ1n) is 7.29. The van der Waals surface area contributed by atoms with Crippen molar-refractivity contribution in [2.24, 2.45) is 0 Å². The predicted molar refractivity (Wildman–Crippen MR) is 87.8 cm³/mol. The summed E-state index contributed by atoms with van der Waals surface area (Å²) in [6.45, 7) is 0. The number of nitrogens with one attached hydrogen (secondary N) is 1. The monoisotopic (exact) mass is 320 g/mol. The van der Waals surface area contributed by atoms with Crippen molar-refractivity contribution in [3.05, 3.63) is 77.8 Å². The van der Waals surface area contributed by atoms with Crippen molar-refractivity contribution in [2.45, 2.75) is 6.42 Å². The van der Waals surface area contributed by atoms with E-state index in [0.29, 0.717) is 23.4 Å². The summed E-state index contributed by atoms with van der Waals surface area (Å²) in [5.74, 6) is -0.0561. The molecule has 0 fully saturated rings. The fraction of sp³-hybridized carbons (Fsp3) is 0.0526. The molecule has 118 valence electrons. The molecule has 3 rings (SSSR count). The third-order valence-corrected chi connectivity index (χ3v) is 3.45. The second-order valence-corrected chi connectivity index (χ2v) is 5.16. The van der Waals surface area contributed by atoms with Gasteiger partial charge in [-0.3, -0.25) is 4.79 Å². The molecule has 0 atom stereocenters. The average molecular weight is 320 g/mol. The second-order valence-electron chi connectivity index (χ2n) is 5.16. The Morgan fingerprint density at radius 3 is 2.42 bits per heavy atom. The highest BCUT2D eigenvalue weighted by Crippen LogP contribution is 2.23. The molecule has 4 nitrogen and oxygen atoms in total. The Morgan fingerprint density at radius 1 is 1.04 bits per heavy atom. The minimum Gasteiger partial charge on any atom is -0.451 e. The molecule has 0 spiro atoms. The first-order valence-corrected chi connectivity index (χ1v) is 7.29. The molecule has 0 bridgehead atoms. The standard InChI is InChI=1S/C19H13FN2O2/c20-15-5-3-14(4-6-15)17-9-10-18(24-17)19(23)22-16-7-1-13(2-8-16)11-12-21/h1-10H,11H2,(H,22,23). The van der Waals surface area contributed by atoms with Gasteiger partial charge in [-0.25, -0.2) is 4.39 Å². The Bertz CT molecular complexity index is 890. The predicted octanol–water partition coefficient (Wildman–Crippen LogP) is 4.40. The van der Waals surface area contributed by atoms with Crippen molar-refractivity contribution in [2.75, 3.05) is 5.32 Å². The Labute approximate surface area is 138 Å². The molecular weight excluding hydrogens is 307 g/mol. The molecule has 0 aliphatic rings. The third kappa shape index (κ3) is 3.50. The lowest BCUT2D eigenvalue weighted by molar-refractivity contribution is 0.0997. The molecule has 1 heterocycles. The van der Waals surface area contributed by atoms with Gasteiger partial charge in [0.1, 0.15) is 11.6 Å². The van der Waals surface area contributed by atoms with Gasteiger partial charge in [-0.1, -0.05) is 12.1 Å². The van der Waals surface area contributed by atoms with Crippen LogP contribution in [0.25, 0.3) is 11.3 Å². The van der Waals surface area contributed by atoms with E-state index in [9.17, 15) is 9.18 Å². The highest BCUT2D eigenvalue weighted by atomic mass is 19.1. The number of carbonyl (C=O) groups excluding carboxylic acids is 1. The number of nitrogens with zero attached hydrogens (tertiary/aromatic N) is 1. The number of amides is 1. The van der Waals surface area contributed by atoms with Crippen LogP contribution in [-0.4, -0.2) is 5.91 Å². The molecule has 0 radical (unpaired) electrons. The lowest BCUT2D eigenvalue weighted by atomic mass is 10.1. The average Bonchev–Trinajstić information content (AvgIpc) is 3.08. The zero-order valence-electron chi connectivity index (χ0n) is 12.6. The van der Waals surface area contributed by atoms with Gasteiger partial charge in [0.2, 0.25) is 0 Å². The number of benzene rings is 2. The molecule has 0 aliphatic heterocycles. The van der Waals surface area contributed by atoms with Gasteiger partial charge in [0.05, 0.1) is 12.5 Å². The lowest BCUT2D eigenvalue weighted by Gasteiger charge is -2.04. The summed E-state index contributed by atoms with van der Waals surface area (Å²) >= 11 is 0. The quantitative estimate of drug-likeness (QED) is 0.774. The summed E-state index contributed by atoms with van der Waals surface area (Å²) in [6, 6.07) is 18.2. The number of hydrogen-bond donors (Lipinski definition) is 1. The number of halogens is 1. The molecule has 3 aromatic rings. The van der Waals surface area contributed by atoms with Gasteiger partial charge in [-0.15, -0.1) is 0 Å². The first-order chi connectivity index (χ1) is 11.7. The van der Waals surface area contributed by atoms with Crippen molar-refractivity contribution in [1.82, 2.24) is 0 Å². The maximum atomic E-state index is 12.9. The highest BCUT2D eigenvalue weighted by Gasteiger charge is 2.12. The van der Waals surface area contributed by atoms with Gasteiger partial charge >= 0.3 is 0 Å². The summed E-state index contributed by atoms with van der Waals surface area (Å²) in [5, 5.41) is 11.4. The Kier molecular flexibility index (Phi) is 4.39. The van der Waals surface area contributed by atoms with E-state index in [-0.39, 0.29) is 17.5 Å². The SMILES string of the molecule is N#CCc1ccc(NC(=O)c2ccc(-c3ccc(F)cc3)o2)cc1. The summed E-state index contributed by atoms with van der Waals surface area (Å²) in [5.41, 5.74) is 2.19. The Balaban J connectivity index is 1.71. The minimum absolute atomic E-state index is 0.162. The number of furan rings is 1. The van der Waals surface area contributed by atoms with Crippen molar-refractivity contribution in [3.8, 4) is 17.4 Å². The zero-order chi connectivity index (χ0) is 16.9. The van der Waals surface area contributed by atoms with Crippen LogP contribution in [0.15, 0.2) is 65.1 Å². The lowest BCUT2D eigenvalue weighted by Crippen LogP contribution is -2.10. The van der Waals surface area contributed by atoms with Gasteiger partial charge in [0.15, 0.2) is 5.76 Å². The number of nitriles is 1. The molecule has 0 saturated heterocycles. The van der Waals surface area contributed by atoms with Crippen LogP contribution in [0.2, 0.25) is 0 Å². The van der Waals surface area contributed by atoms with Gasteiger partial charge in [-0.2, -0.15) is 5.26 Å². The normalized spacial score (nSPS) is 10.2. The van der Waals surface area contributed by atoms with E-state index < -0.39 is 0 Å². The summed E-state index contributed by atoms with van der Waals surface area (Å²) in [6.07, 6.45) is 0.327. The summed E-state index contributed by atoms with van der Waals surface area (Å²) in [4.78, 5) is 12.2. The van der Waals surface area contributed by atoms with Crippen LogP contribution in [-0.2, 0) is 6.42 Å². The maximum Gasteiger partial charge on any atom is 0.291 e. The van der Waals surface area contributed by atoms with Gasteiger partial charge < -0.3 is 9.73 Å². The van der Waals surface area contributed by atoms with Gasteiger partial charge in [0.25, 0.3) is 5.91 Å². The molecule has 1 N–H and O–H groups in total. The fourth-order valence-electron chi connectivity index (χ4n) is 2.22. The number of hydrogen-bond acceptors (Lipinski definition) is 3.